The van der Waals surface area contributed by atoms with Gasteiger partial charge in [-0.15, -0.1) is 5.10 Å². The SMILES string of the molecule is O=C(c1cnn(-c2ccccc2)n1)N1CCOC(CO)C1. The second kappa shape index (κ2) is 6.02. The van der Waals surface area contributed by atoms with Crippen LogP contribution in [0.5, 0.6) is 0 Å². The van der Waals surface area contributed by atoms with Gasteiger partial charge >= 0.3 is 0 Å². The third-order valence-electron chi connectivity index (χ3n) is 3.33. The van der Waals surface area contributed by atoms with Crippen LogP contribution in [-0.4, -0.2) is 63.3 Å². The van der Waals surface area contributed by atoms with E-state index in [-0.39, 0.29) is 24.3 Å². The number of aromatic nitrogens is 3. The lowest BCUT2D eigenvalue weighted by Gasteiger charge is -2.31. The average molecular weight is 288 g/mol. The molecule has 0 saturated carbocycles. The number of aliphatic hydroxyl groups is 1. The molecular weight excluding hydrogens is 272 g/mol. The highest BCUT2D eigenvalue weighted by Gasteiger charge is 2.26. The Morgan fingerprint density at radius 1 is 1.38 bits per heavy atom. The maximum Gasteiger partial charge on any atom is 0.276 e. The zero-order chi connectivity index (χ0) is 14.7. The number of nitrogens with zero attached hydrogens (tertiary/aromatic N) is 4. The molecule has 110 valence electrons. The number of amides is 1. The van der Waals surface area contributed by atoms with Crippen molar-refractivity contribution in [3.05, 3.63) is 42.2 Å². The number of morpholine rings is 1. The predicted molar refractivity (Wildman–Crippen MR) is 74.1 cm³/mol. The molecule has 1 unspecified atom stereocenters. The predicted octanol–water partition coefficient (Wildman–Crippen LogP) is 0.101. The van der Waals surface area contributed by atoms with Crippen LogP contribution < -0.4 is 0 Å². The summed E-state index contributed by atoms with van der Waals surface area (Å²) in [4.78, 5) is 15.4. The van der Waals surface area contributed by atoms with Gasteiger partial charge in [-0.3, -0.25) is 4.79 Å². The molecule has 0 bridgehead atoms. The summed E-state index contributed by atoms with van der Waals surface area (Å²) < 4.78 is 5.33. The first-order valence-corrected chi connectivity index (χ1v) is 6.77. The molecular formula is C14H16N4O3. The minimum Gasteiger partial charge on any atom is -0.394 e. The number of carbonyl (C=O) groups excluding carboxylic acids is 1. The van der Waals surface area contributed by atoms with Crippen LogP contribution in [0.1, 0.15) is 10.5 Å². The van der Waals surface area contributed by atoms with Gasteiger partial charge in [-0.2, -0.15) is 9.90 Å². The van der Waals surface area contributed by atoms with E-state index >= 15 is 0 Å². The minimum atomic E-state index is -0.327. The van der Waals surface area contributed by atoms with Crippen LogP contribution in [0.3, 0.4) is 0 Å². The fourth-order valence-electron chi connectivity index (χ4n) is 2.22. The van der Waals surface area contributed by atoms with E-state index < -0.39 is 0 Å². The van der Waals surface area contributed by atoms with Crippen LogP contribution in [0.25, 0.3) is 5.69 Å². The molecule has 1 aromatic heterocycles. The van der Waals surface area contributed by atoms with Gasteiger partial charge in [0.15, 0.2) is 5.69 Å². The van der Waals surface area contributed by atoms with Crippen molar-refractivity contribution >= 4 is 5.91 Å². The third kappa shape index (κ3) is 2.93. The Morgan fingerprint density at radius 2 is 2.19 bits per heavy atom. The molecule has 1 aromatic carbocycles. The lowest BCUT2D eigenvalue weighted by Crippen LogP contribution is -2.47. The fraction of sp³-hybridized carbons (Fsp3) is 0.357. The van der Waals surface area contributed by atoms with Crippen molar-refractivity contribution in [2.24, 2.45) is 0 Å². The molecule has 7 heteroatoms. The molecule has 0 aliphatic carbocycles. The molecule has 0 radical (unpaired) electrons. The van der Waals surface area contributed by atoms with Gasteiger partial charge in [0.05, 0.1) is 31.2 Å². The van der Waals surface area contributed by atoms with Gasteiger partial charge in [-0.25, -0.2) is 0 Å². The number of para-hydroxylation sites is 1. The van der Waals surface area contributed by atoms with E-state index in [1.165, 1.54) is 11.0 Å². The van der Waals surface area contributed by atoms with Crippen molar-refractivity contribution in [2.45, 2.75) is 6.10 Å². The summed E-state index contributed by atoms with van der Waals surface area (Å²) in [7, 11) is 0. The second-order valence-corrected chi connectivity index (χ2v) is 4.78. The zero-order valence-electron chi connectivity index (χ0n) is 11.4. The standard InChI is InChI=1S/C14H16N4O3/c19-10-12-9-17(6-7-21-12)14(20)13-8-15-18(16-13)11-4-2-1-3-5-11/h1-5,8,12,19H,6-7,9-10H2. The number of ether oxygens (including phenoxy) is 1. The van der Waals surface area contributed by atoms with E-state index in [4.69, 9.17) is 9.84 Å². The Labute approximate surface area is 121 Å². The van der Waals surface area contributed by atoms with Crippen LogP contribution >= 0.6 is 0 Å². The first-order chi connectivity index (χ1) is 10.3. The molecule has 1 N–H and O–H groups in total. The highest BCUT2D eigenvalue weighted by molar-refractivity contribution is 5.92. The summed E-state index contributed by atoms with van der Waals surface area (Å²) in [5, 5.41) is 17.5. The van der Waals surface area contributed by atoms with E-state index in [0.29, 0.717) is 19.7 Å². The van der Waals surface area contributed by atoms with Gasteiger partial charge < -0.3 is 14.7 Å². The fourth-order valence-corrected chi connectivity index (χ4v) is 2.22. The van der Waals surface area contributed by atoms with Gasteiger partial charge in [-0.05, 0) is 12.1 Å². The highest BCUT2D eigenvalue weighted by Crippen LogP contribution is 2.10. The van der Waals surface area contributed by atoms with Crippen molar-refractivity contribution in [3.63, 3.8) is 0 Å². The van der Waals surface area contributed by atoms with Gasteiger partial charge in [0, 0.05) is 13.1 Å². The van der Waals surface area contributed by atoms with Crippen LogP contribution in [-0.2, 0) is 4.74 Å². The van der Waals surface area contributed by atoms with Crippen molar-refractivity contribution in [3.8, 4) is 5.69 Å². The maximum atomic E-state index is 12.4. The number of benzene rings is 1. The second-order valence-electron chi connectivity index (χ2n) is 4.78. The molecule has 1 saturated heterocycles. The number of aliphatic hydroxyl groups excluding tert-OH is 1. The molecule has 1 fully saturated rings. The Hall–Kier alpha value is -2.25. The van der Waals surface area contributed by atoms with Crippen LogP contribution in [0.4, 0.5) is 0 Å². The Morgan fingerprint density at radius 3 is 2.95 bits per heavy atom. The first-order valence-electron chi connectivity index (χ1n) is 6.77. The summed E-state index contributed by atoms with van der Waals surface area (Å²) in [5.41, 5.74) is 1.09. The molecule has 1 aliphatic heterocycles. The molecule has 1 aliphatic rings. The average Bonchev–Trinajstić information content (AvgIpc) is 3.05. The number of carbonyl (C=O) groups is 1. The number of rotatable bonds is 3. The highest BCUT2D eigenvalue weighted by atomic mass is 16.5. The molecule has 7 nitrogen and oxygen atoms in total. The van der Waals surface area contributed by atoms with E-state index in [0.717, 1.165) is 5.69 Å². The Balaban J connectivity index is 1.75. The Bertz CT molecular complexity index is 614. The van der Waals surface area contributed by atoms with Crippen molar-refractivity contribution < 1.29 is 14.6 Å². The van der Waals surface area contributed by atoms with Gasteiger partial charge in [-0.1, -0.05) is 18.2 Å². The van der Waals surface area contributed by atoms with E-state index in [9.17, 15) is 4.79 Å². The smallest absolute Gasteiger partial charge is 0.276 e. The summed E-state index contributed by atoms with van der Waals surface area (Å²) in [5.74, 6) is -0.195. The topological polar surface area (TPSA) is 80.5 Å². The monoisotopic (exact) mass is 288 g/mol. The van der Waals surface area contributed by atoms with Crippen LogP contribution in [0.2, 0.25) is 0 Å². The van der Waals surface area contributed by atoms with Gasteiger partial charge in [0.1, 0.15) is 0 Å². The molecule has 21 heavy (non-hydrogen) atoms. The number of hydrogen-bond acceptors (Lipinski definition) is 5. The van der Waals surface area contributed by atoms with Gasteiger partial charge in [0.25, 0.3) is 5.91 Å². The lowest BCUT2D eigenvalue weighted by atomic mass is 10.2. The molecule has 2 aromatic rings. The summed E-state index contributed by atoms with van der Waals surface area (Å²) >= 11 is 0. The van der Waals surface area contributed by atoms with Crippen LogP contribution in [0.15, 0.2) is 36.5 Å². The first kappa shape index (κ1) is 13.7. The normalized spacial score (nSPS) is 18.7. The summed E-state index contributed by atoms with van der Waals surface area (Å²) in [6.07, 6.45) is 1.13. The van der Waals surface area contributed by atoms with E-state index in [2.05, 4.69) is 10.2 Å². The Kier molecular flexibility index (Phi) is 3.94. The quantitative estimate of drug-likeness (QED) is 0.866. The molecule has 2 heterocycles. The van der Waals surface area contributed by atoms with E-state index in [1.807, 2.05) is 30.3 Å². The minimum absolute atomic E-state index is 0.0967. The molecule has 3 rings (SSSR count). The summed E-state index contributed by atoms with van der Waals surface area (Å²) in [6, 6.07) is 9.40. The lowest BCUT2D eigenvalue weighted by molar-refractivity contribution is -0.0448. The van der Waals surface area contributed by atoms with Crippen molar-refractivity contribution in [2.75, 3.05) is 26.3 Å². The van der Waals surface area contributed by atoms with Crippen molar-refractivity contribution in [1.29, 1.82) is 0 Å². The third-order valence-corrected chi connectivity index (χ3v) is 3.33. The maximum absolute atomic E-state index is 12.4. The van der Waals surface area contributed by atoms with Crippen molar-refractivity contribution in [1.82, 2.24) is 19.9 Å². The number of hydrogen-bond donors (Lipinski definition) is 1. The molecule has 0 spiro atoms. The van der Waals surface area contributed by atoms with Crippen LogP contribution in [0, 0.1) is 0 Å². The zero-order valence-corrected chi connectivity index (χ0v) is 11.4. The summed E-state index contributed by atoms with van der Waals surface area (Å²) in [6.45, 7) is 1.19. The molecule has 1 amide bonds. The molecule has 1 atom stereocenters. The largest absolute Gasteiger partial charge is 0.394 e. The van der Waals surface area contributed by atoms with Gasteiger partial charge in [0.2, 0.25) is 0 Å². The van der Waals surface area contributed by atoms with E-state index in [1.54, 1.807) is 4.90 Å².